The van der Waals surface area contributed by atoms with Crippen molar-refractivity contribution in [3.05, 3.63) is 72.4 Å². The number of tetrazole rings is 1. The number of amides is 1. The van der Waals surface area contributed by atoms with Crippen LogP contribution < -0.4 is 0 Å². The quantitative estimate of drug-likeness (QED) is 0.353. The average molecular weight is 474 g/mol. The van der Waals surface area contributed by atoms with E-state index in [1.54, 1.807) is 4.90 Å². The minimum atomic E-state index is 0.0254. The molecular weight excluding hydrogens is 446 g/mol. The van der Waals surface area contributed by atoms with Gasteiger partial charge in [-0.15, -0.1) is 5.10 Å². The smallest absolute Gasteiger partial charge is 0.233 e. The van der Waals surface area contributed by atoms with Gasteiger partial charge >= 0.3 is 0 Å². The predicted octanol–water partition coefficient (Wildman–Crippen LogP) is 4.39. The van der Waals surface area contributed by atoms with E-state index in [-0.39, 0.29) is 11.7 Å². The van der Waals surface area contributed by atoms with E-state index in [1.807, 2.05) is 83.3 Å². The van der Waals surface area contributed by atoms with Gasteiger partial charge in [-0.1, -0.05) is 73.1 Å². The zero-order valence-electron chi connectivity index (χ0n) is 19.1. The Morgan fingerprint density at radius 2 is 1.76 bits per heavy atom. The van der Waals surface area contributed by atoms with E-state index >= 15 is 0 Å². The lowest BCUT2D eigenvalue weighted by Gasteiger charge is -2.17. The fraction of sp³-hybridized carbons (Fsp3) is 0.320. The molecule has 1 aliphatic rings. The molecule has 0 N–H and O–H groups in total. The van der Waals surface area contributed by atoms with E-state index in [1.165, 1.54) is 24.6 Å². The summed E-state index contributed by atoms with van der Waals surface area (Å²) in [4.78, 5) is 14.7. The monoisotopic (exact) mass is 473 g/mol. The number of para-hydroxylation sites is 1. The standard InChI is InChI=1S/C25H27N7OS/c1-30(23(33)18-34-25-26-28-29-32(25)22-14-8-9-15-22)16-20-17-31(21-12-6-3-7-13-21)27-24(20)19-10-4-2-5-11-19/h2-7,10-13,17,22H,8-9,14-16,18H2,1H3. The second-order valence-corrected chi connectivity index (χ2v) is 9.47. The second kappa shape index (κ2) is 10.2. The molecule has 174 valence electrons. The first kappa shape index (κ1) is 22.3. The summed E-state index contributed by atoms with van der Waals surface area (Å²) >= 11 is 1.41. The van der Waals surface area contributed by atoms with Crippen molar-refractivity contribution in [3.8, 4) is 16.9 Å². The van der Waals surface area contributed by atoms with Gasteiger partial charge in [0.05, 0.1) is 23.2 Å². The lowest BCUT2D eigenvalue weighted by atomic mass is 10.1. The van der Waals surface area contributed by atoms with Crippen LogP contribution in [0.3, 0.4) is 0 Å². The Morgan fingerprint density at radius 3 is 2.50 bits per heavy atom. The van der Waals surface area contributed by atoms with Gasteiger partial charge in [0.25, 0.3) is 0 Å². The van der Waals surface area contributed by atoms with Crippen molar-refractivity contribution in [3.63, 3.8) is 0 Å². The third kappa shape index (κ3) is 4.89. The van der Waals surface area contributed by atoms with Crippen LogP contribution >= 0.6 is 11.8 Å². The largest absolute Gasteiger partial charge is 0.341 e. The van der Waals surface area contributed by atoms with Crippen molar-refractivity contribution < 1.29 is 4.79 Å². The van der Waals surface area contributed by atoms with Crippen LogP contribution in [0, 0.1) is 0 Å². The van der Waals surface area contributed by atoms with Crippen LogP contribution in [0.2, 0.25) is 0 Å². The number of thioether (sulfide) groups is 1. The molecule has 0 unspecified atom stereocenters. The number of benzene rings is 2. The second-order valence-electron chi connectivity index (χ2n) is 8.53. The van der Waals surface area contributed by atoms with Crippen LogP contribution in [-0.2, 0) is 11.3 Å². The Labute approximate surface area is 203 Å². The molecule has 1 fully saturated rings. The lowest BCUT2D eigenvalue weighted by molar-refractivity contribution is -0.127. The summed E-state index contributed by atoms with van der Waals surface area (Å²) < 4.78 is 3.77. The summed E-state index contributed by atoms with van der Waals surface area (Å²) in [6.45, 7) is 0.462. The topological polar surface area (TPSA) is 81.7 Å². The Bertz CT molecular complexity index is 1230. The van der Waals surface area contributed by atoms with Gasteiger partial charge in [0.15, 0.2) is 0 Å². The van der Waals surface area contributed by atoms with Crippen molar-refractivity contribution in [1.29, 1.82) is 0 Å². The molecule has 2 aromatic heterocycles. The highest BCUT2D eigenvalue weighted by molar-refractivity contribution is 7.99. The van der Waals surface area contributed by atoms with Crippen LogP contribution in [-0.4, -0.2) is 53.6 Å². The molecule has 1 saturated carbocycles. The highest BCUT2D eigenvalue weighted by atomic mass is 32.2. The van der Waals surface area contributed by atoms with Gasteiger partial charge in [-0.2, -0.15) is 5.10 Å². The van der Waals surface area contributed by atoms with Crippen LogP contribution in [0.1, 0.15) is 37.3 Å². The molecule has 2 heterocycles. The van der Waals surface area contributed by atoms with Crippen LogP contribution in [0.4, 0.5) is 0 Å². The van der Waals surface area contributed by atoms with Crippen molar-refractivity contribution >= 4 is 17.7 Å². The number of carbonyl (C=O) groups excluding carboxylic acids is 1. The van der Waals surface area contributed by atoms with E-state index in [0.29, 0.717) is 12.6 Å². The van der Waals surface area contributed by atoms with Gasteiger partial charge in [-0.05, 0) is 35.4 Å². The summed E-state index contributed by atoms with van der Waals surface area (Å²) in [5.41, 5.74) is 3.88. The molecule has 1 amide bonds. The highest BCUT2D eigenvalue weighted by Crippen LogP contribution is 2.31. The van der Waals surface area contributed by atoms with Gasteiger partial charge in [-0.25, -0.2) is 9.36 Å². The molecule has 2 aromatic carbocycles. The Morgan fingerprint density at radius 1 is 1.06 bits per heavy atom. The van der Waals surface area contributed by atoms with Crippen LogP contribution in [0.15, 0.2) is 72.0 Å². The molecule has 0 atom stereocenters. The van der Waals surface area contributed by atoms with Gasteiger partial charge in [0.2, 0.25) is 11.1 Å². The molecule has 4 aromatic rings. The van der Waals surface area contributed by atoms with Gasteiger partial charge in [-0.3, -0.25) is 4.79 Å². The summed E-state index contributed by atoms with van der Waals surface area (Å²) in [6.07, 6.45) is 6.61. The molecular formula is C25H27N7OS. The Hall–Kier alpha value is -3.46. The molecule has 1 aliphatic carbocycles. The third-order valence-electron chi connectivity index (χ3n) is 6.15. The van der Waals surface area contributed by atoms with Crippen LogP contribution in [0.25, 0.3) is 16.9 Å². The first-order valence-corrected chi connectivity index (χ1v) is 12.5. The van der Waals surface area contributed by atoms with Gasteiger partial charge in [0, 0.05) is 30.9 Å². The first-order chi connectivity index (χ1) is 16.7. The zero-order valence-corrected chi connectivity index (χ0v) is 19.9. The molecule has 5 rings (SSSR count). The number of carbonyl (C=O) groups is 1. The molecule has 0 aliphatic heterocycles. The summed E-state index contributed by atoms with van der Waals surface area (Å²) in [5.74, 6) is 0.314. The van der Waals surface area contributed by atoms with E-state index in [4.69, 9.17) is 5.10 Å². The number of hydrogen-bond donors (Lipinski definition) is 0. The Kier molecular flexibility index (Phi) is 6.71. The first-order valence-electron chi connectivity index (χ1n) is 11.5. The summed E-state index contributed by atoms with van der Waals surface area (Å²) in [5, 5.41) is 17.7. The van der Waals surface area contributed by atoms with Crippen molar-refractivity contribution in [2.24, 2.45) is 0 Å². The normalized spacial score (nSPS) is 13.9. The predicted molar refractivity (Wildman–Crippen MR) is 132 cm³/mol. The molecule has 8 nitrogen and oxygen atoms in total. The fourth-order valence-electron chi connectivity index (χ4n) is 4.32. The number of aromatic nitrogens is 6. The van der Waals surface area contributed by atoms with E-state index in [0.717, 1.165) is 40.5 Å². The molecule has 0 bridgehead atoms. The number of nitrogens with zero attached hydrogens (tertiary/aromatic N) is 7. The van der Waals surface area contributed by atoms with Crippen LogP contribution in [0.5, 0.6) is 0 Å². The lowest BCUT2D eigenvalue weighted by Crippen LogP contribution is -2.28. The highest BCUT2D eigenvalue weighted by Gasteiger charge is 2.23. The Balaban J connectivity index is 1.31. The maximum atomic E-state index is 13.0. The molecule has 34 heavy (non-hydrogen) atoms. The maximum Gasteiger partial charge on any atom is 0.233 e. The maximum absolute atomic E-state index is 13.0. The molecule has 9 heteroatoms. The van der Waals surface area contributed by atoms with E-state index in [2.05, 4.69) is 15.5 Å². The summed E-state index contributed by atoms with van der Waals surface area (Å²) in [6, 6.07) is 20.4. The SMILES string of the molecule is CN(Cc1cn(-c2ccccc2)nc1-c1ccccc1)C(=O)CSc1nnnn1C1CCCC1. The van der Waals surface area contributed by atoms with E-state index < -0.39 is 0 Å². The molecule has 0 radical (unpaired) electrons. The fourth-order valence-corrected chi connectivity index (χ4v) is 5.20. The summed E-state index contributed by atoms with van der Waals surface area (Å²) in [7, 11) is 1.83. The van der Waals surface area contributed by atoms with Crippen molar-refractivity contribution in [2.45, 2.75) is 43.4 Å². The third-order valence-corrected chi connectivity index (χ3v) is 7.07. The molecule has 0 spiro atoms. The average Bonchev–Trinajstić information content (AvgIpc) is 3.64. The minimum absolute atomic E-state index is 0.0254. The minimum Gasteiger partial charge on any atom is -0.341 e. The van der Waals surface area contributed by atoms with Crippen molar-refractivity contribution in [1.82, 2.24) is 34.9 Å². The number of hydrogen-bond acceptors (Lipinski definition) is 6. The van der Waals surface area contributed by atoms with Crippen molar-refractivity contribution in [2.75, 3.05) is 12.8 Å². The van der Waals surface area contributed by atoms with Gasteiger partial charge < -0.3 is 4.90 Å². The molecule has 0 saturated heterocycles. The van der Waals surface area contributed by atoms with Gasteiger partial charge in [0.1, 0.15) is 0 Å². The van der Waals surface area contributed by atoms with E-state index in [9.17, 15) is 4.79 Å². The zero-order chi connectivity index (χ0) is 23.3. The number of rotatable bonds is 8.